The maximum absolute atomic E-state index is 11.7. The topological polar surface area (TPSA) is 177 Å². The number of ether oxygens (including phenoxy) is 1. The molecule has 1 unspecified atom stereocenters. The van der Waals surface area contributed by atoms with Gasteiger partial charge in [0, 0.05) is 18.8 Å². The molecule has 5 atom stereocenters. The van der Waals surface area contributed by atoms with Crippen molar-refractivity contribution in [2.45, 2.75) is 24.5 Å². The number of hydrogen-bond donors (Lipinski definition) is 5. The Morgan fingerprint density at radius 2 is 2.04 bits per heavy atom. The van der Waals surface area contributed by atoms with Crippen LogP contribution in [0.1, 0.15) is 6.23 Å². The highest BCUT2D eigenvalue weighted by molar-refractivity contribution is 7.52. The summed E-state index contributed by atoms with van der Waals surface area (Å²) in [5.74, 6) is 0. The van der Waals surface area contributed by atoms with Crippen molar-refractivity contribution < 1.29 is 28.9 Å². The Kier molecular flexibility index (Phi) is 7.32. The zero-order chi connectivity index (χ0) is 17.2. The minimum Gasteiger partial charge on any atom is -0.387 e. The Bertz CT molecular complexity index is 709. The second-order valence-corrected chi connectivity index (χ2v) is 6.99. The van der Waals surface area contributed by atoms with Crippen LogP contribution in [-0.4, -0.2) is 62.3 Å². The van der Waals surface area contributed by atoms with Crippen LogP contribution in [0.2, 0.25) is 0 Å². The molecule has 0 saturated carbocycles. The monoisotopic (exact) mass is 387 g/mol. The summed E-state index contributed by atoms with van der Waals surface area (Å²) in [7, 11) is -3.91. The molecule has 1 aliphatic heterocycles. The number of nitrogens with two attached hydrogens (primary N) is 1. The first kappa shape index (κ1) is 21.0. The average molecular weight is 388 g/mol. The van der Waals surface area contributed by atoms with E-state index in [9.17, 15) is 29.3 Å². The summed E-state index contributed by atoms with van der Waals surface area (Å²) in [5.41, 5.74) is 3.72. The van der Waals surface area contributed by atoms with Gasteiger partial charge in [-0.15, -0.1) is 12.4 Å². The van der Waals surface area contributed by atoms with Crippen LogP contribution < -0.4 is 17.0 Å². The van der Waals surface area contributed by atoms with Crippen molar-refractivity contribution in [1.29, 1.82) is 0 Å². The predicted molar refractivity (Wildman–Crippen MR) is 84.2 cm³/mol. The number of aromatic nitrogens is 2. The Morgan fingerprint density at radius 1 is 1.38 bits per heavy atom. The summed E-state index contributed by atoms with van der Waals surface area (Å²) >= 11 is 0. The number of nitrogens with zero attached hydrogens (tertiary/aromatic N) is 1. The van der Waals surface area contributed by atoms with E-state index in [1.165, 1.54) is 0 Å². The van der Waals surface area contributed by atoms with E-state index in [-0.39, 0.29) is 25.1 Å². The molecule has 1 fully saturated rings. The molecule has 1 saturated heterocycles. The number of rotatable bonds is 6. The van der Waals surface area contributed by atoms with Crippen molar-refractivity contribution in [3.05, 3.63) is 33.1 Å². The van der Waals surface area contributed by atoms with Gasteiger partial charge in [-0.25, -0.2) is 4.79 Å². The van der Waals surface area contributed by atoms with Crippen LogP contribution in [0.5, 0.6) is 0 Å². The first-order chi connectivity index (χ1) is 10.7. The fourth-order valence-electron chi connectivity index (χ4n) is 2.14. The van der Waals surface area contributed by atoms with E-state index in [1.54, 1.807) is 0 Å². The molecule has 0 spiro atoms. The average Bonchev–Trinajstić information content (AvgIpc) is 2.73. The molecule has 13 heteroatoms. The lowest BCUT2D eigenvalue weighted by Gasteiger charge is -2.17. The van der Waals surface area contributed by atoms with E-state index in [4.69, 9.17) is 15.0 Å². The SMILES string of the molecule is Cl.NCCP(=O)(O)OC[C@H]1O[C@@H](n2ccc(=O)[nH]c2=O)[C@H](O)[C@@H]1O. The predicted octanol–water partition coefficient (Wildman–Crippen LogP) is -2.26. The van der Waals surface area contributed by atoms with Crippen LogP contribution >= 0.6 is 20.0 Å². The van der Waals surface area contributed by atoms with Crippen LogP contribution in [0.15, 0.2) is 21.9 Å². The van der Waals surface area contributed by atoms with E-state index < -0.39 is 50.0 Å². The van der Waals surface area contributed by atoms with Gasteiger partial charge in [-0.3, -0.25) is 18.9 Å². The molecule has 0 aliphatic carbocycles. The number of halogens is 1. The quantitative estimate of drug-likeness (QED) is 0.337. The molecule has 6 N–H and O–H groups in total. The van der Waals surface area contributed by atoms with Gasteiger partial charge in [-0.1, -0.05) is 0 Å². The molecule has 1 aromatic heterocycles. The van der Waals surface area contributed by atoms with Gasteiger partial charge in [0.1, 0.15) is 18.3 Å². The van der Waals surface area contributed by atoms with E-state index in [2.05, 4.69) is 0 Å². The van der Waals surface area contributed by atoms with Gasteiger partial charge in [0.25, 0.3) is 5.56 Å². The van der Waals surface area contributed by atoms with Crippen molar-refractivity contribution in [3.8, 4) is 0 Å². The van der Waals surface area contributed by atoms with Gasteiger partial charge >= 0.3 is 13.3 Å². The summed E-state index contributed by atoms with van der Waals surface area (Å²) in [6, 6.07) is 1.05. The van der Waals surface area contributed by atoms with Crippen LogP contribution in [0.25, 0.3) is 0 Å². The lowest BCUT2D eigenvalue weighted by Crippen LogP contribution is -2.37. The summed E-state index contributed by atoms with van der Waals surface area (Å²) in [4.78, 5) is 34.2. The molecule has 1 aliphatic rings. The lowest BCUT2D eigenvalue weighted by atomic mass is 10.1. The second kappa shape index (κ2) is 8.37. The minimum absolute atomic E-state index is 0. The van der Waals surface area contributed by atoms with Crippen molar-refractivity contribution in [2.75, 3.05) is 19.3 Å². The van der Waals surface area contributed by atoms with E-state index in [1.807, 2.05) is 4.98 Å². The Balaban J connectivity index is 0.00000288. The normalized spacial score (nSPS) is 29.0. The zero-order valence-electron chi connectivity index (χ0n) is 12.3. The van der Waals surface area contributed by atoms with Crippen molar-refractivity contribution >= 4 is 20.0 Å². The number of H-pyrrole nitrogens is 1. The Labute approximate surface area is 142 Å². The maximum atomic E-state index is 11.7. The fraction of sp³-hybridized carbons (Fsp3) is 0.636. The van der Waals surface area contributed by atoms with Gasteiger partial charge in [-0.05, 0) is 0 Å². The molecule has 1 aromatic rings. The molecular formula is C11H19ClN3O8P. The highest BCUT2D eigenvalue weighted by Crippen LogP contribution is 2.42. The number of aliphatic hydroxyl groups excluding tert-OH is 2. The molecule has 0 amide bonds. The first-order valence-electron chi connectivity index (χ1n) is 6.74. The standard InChI is InChI=1S/C11H18N3O8P.ClH/c12-2-4-23(19,20)21-5-6-8(16)9(17)10(22-6)14-3-1-7(15)13-11(14)18;/h1,3,6,8-10,16-17H,2,4-5,12H2,(H,19,20)(H,13,15,18);1H/t6-,8-,9-,10-;/m1./s1. The van der Waals surface area contributed by atoms with E-state index in [0.717, 1.165) is 16.8 Å². The molecule has 0 aromatic carbocycles. The number of hydrogen-bond acceptors (Lipinski definition) is 8. The lowest BCUT2D eigenvalue weighted by molar-refractivity contribution is -0.0525. The highest BCUT2D eigenvalue weighted by atomic mass is 35.5. The molecule has 2 heterocycles. The number of aromatic amines is 1. The summed E-state index contributed by atoms with van der Waals surface area (Å²) in [6.07, 6.45) is -4.49. The third-order valence-electron chi connectivity index (χ3n) is 3.31. The Hall–Kier alpha value is -1.04. The van der Waals surface area contributed by atoms with Gasteiger partial charge in [0.15, 0.2) is 6.23 Å². The second-order valence-electron chi connectivity index (χ2n) is 5.01. The fourth-order valence-corrected chi connectivity index (χ4v) is 2.98. The smallest absolute Gasteiger partial charge is 0.330 e. The van der Waals surface area contributed by atoms with Gasteiger partial charge in [0.05, 0.1) is 12.8 Å². The summed E-state index contributed by atoms with van der Waals surface area (Å²) in [6.45, 7) is -0.527. The molecule has 138 valence electrons. The maximum Gasteiger partial charge on any atom is 0.330 e. The number of nitrogens with one attached hydrogen (secondary N) is 1. The first-order valence-corrected chi connectivity index (χ1v) is 8.51. The van der Waals surface area contributed by atoms with Crippen molar-refractivity contribution in [2.24, 2.45) is 5.73 Å². The van der Waals surface area contributed by atoms with Crippen molar-refractivity contribution in [1.82, 2.24) is 9.55 Å². The van der Waals surface area contributed by atoms with Crippen LogP contribution in [0.4, 0.5) is 0 Å². The van der Waals surface area contributed by atoms with Crippen molar-refractivity contribution in [3.63, 3.8) is 0 Å². The molecule has 0 radical (unpaired) electrons. The minimum atomic E-state index is -3.91. The molecule has 0 bridgehead atoms. The molecular weight excluding hydrogens is 369 g/mol. The highest BCUT2D eigenvalue weighted by Gasteiger charge is 2.44. The number of aliphatic hydroxyl groups is 2. The van der Waals surface area contributed by atoms with Crippen LogP contribution in [0.3, 0.4) is 0 Å². The third-order valence-corrected chi connectivity index (χ3v) is 4.69. The van der Waals surface area contributed by atoms with Crippen LogP contribution in [0, 0.1) is 0 Å². The van der Waals surface area contributed by atoms with Gasteiger partial charge < -0.3 is 30.1 Å². The Morgan fingerprint density at radius 3 is 2.62 bits per heavy atom. The summed E-state index contributed by atoms with van der Waals surface area (Å²) in [5, 5.41) is 19.9. The molecule has 2 rings (SSSR count). The van der Waals surface area contributed by atoms with Crippen LogP contribution in [-0.2, 0) is 13.8 Å². The van der Waals surface area contributed by atoms with E-state index in [0.29, 0.717) is 0 Å². The van der Waals surface area contributed by atoms with Gasteiger partial charge in [0.2, 0.25) is 0 Å². The molecule has 24 heavy (non-hydrogen) atoms. The zero-order valence-corrected chi connectivity index (χ0v) is 14.1. The van der Waals surface area contributed by atoms with Gasteiger partial charge in [-0.2, -0.15) is 0 Å². The third kappa shape index (κ3) is 4.74. The van der Waals surface area contributed by atoms with E-state index >= 15 is 0 Å². The summed E-state index contributed by atoms with van der Waals surface area (Å²) < 4.78 is 22.6. The molecule has 11 nitrogen and oxygen atoms in total. The largest absolute Gasteiger partial charge is 0.387 e.